The molecule has 2 rings (SSSR count). The van der Waals surface area contributed by atoms with E-state index in [1.54, 1.807) is 6.07 Å². The SMILES string of the molecule is CC1(C)CC1CNC(=O)c1cc(N)c(Cl)c(Cl)c1. The van der Waals surface area contributed by atoms with Crippen LogP contribution in [0.1, 0.15) is 30.6 Å². The van der Waals surface area contributed by atoms with E-state index in [1.165, 1.54) is 6.07 Å². The van der Waals surface area contributed by atoms with E-state index in [-0.39, 0.29) is 10.9 Å². The summed E-state index contributed by atoms with van der Waals surface area (Å²) in [5, 5.41) is 3.48. The Morgan fingerprint density at radius 1 is 1.50 bits per heavy atom. The third-order valence-corrected chi connectivity index (χ3v) is 4.36. The van der Waals surface area contributed by atoms with Crippen molar-refractivity contribution in [2.24, 2.45) is 11.3 Å². The van der Waals surface area contributed by atoms with Crippen molar-refractivity contribution in [2.75, 3.05) is 12.3 Å². The van der Waals surface area contributed by atoms with E-state index in [9.17, 15) is 4.79 Å². The summed E-state index contributed by atoms with van der Waals surface area (Å²) < 4.78 is 0. The van der Waals surface area contributed by atoms with Gasteiger partial charge in [-0.1, -0.05) is 37.0 Å². The molecule has 1 aromatic rings. The van der Waals surface area contributed by atoms with Crippen LogP contribution in [0.5, 0.6) is 0 Å². The number of amides is 1. The van der Waals surface area contributed by atoms with E-state index in [4.69, 9.17) is 28.9 Å². The number of nitrogens with two attached hydrogens (primary N) is 1. The van der Waals surface area contributed by atoms with Crippen molar-refractivity contribution in [2.45, 2.75) is 20.3 Å². The minimum absolute atomic E-state index is 0.164. The Kier molecular flexibility index (Phi) is 3.47. The van der Waals surface area contributed by atoms with E-state index in [0.717, 1.165) is 6.42 Å². The van der Waals surface area contributed by atoms with Crippen LogP contribution in [-0.2, 0) is 0 Å². The van der Waals surface area contributed by atoms with Crippen LogP contribution in [0.4, 0.5) is 5.69 Å². The molecule has 1 saturated carbocycles. The van der Waals surface area contributed by atoms with Crippen molar-refractivity contribution >= 4 is 34.8 Å². The fourth-order valence-corrected chi connectivity index (χ4v) is 2.32. The lowest BCUT2D eigenvalue weighted by Gasteiger charge is -2.08. The largest absolute Gasteiger partial charge is 0.397 e. The van der Waals surface area contributed by atoms with Crippen LogP contribution < -0.4 is 11.1 Å². The third kappa shape index (κ3) is 2.73. The topological polar surface area (TPSA) is 55.1 Å². The molecule has 1 aliphatic carbocycles. The Morgan fingerprint density at radius 2 is 2.11 bits per heavy atom. The van der Waals surface area contributed by atoms with E-state index in [1.807, 2.05) is 0 Å². The second-order valence-electron chi connectivity index (χ2n) is 5.46. The lowest BCUT2D eigenvalue weighted by atomic mass is 10.1. The Hall–Kier alpha value is -0.930. The second-order valence-corrected chi connectivity index (χ2v) is 6.25. The summed E-state index contributed by atoms with van der Waals surface area (Å²) in [6.45, 7) is 5.08. The second kappa shape index (κ2) is 4.63. The molecule has 18 heavy (non-hydrogen) atoms. The first-order chi connectivity index (χ1) is 8.31. The molecule has 1 unspecified atom stereocenters. The Bertz CT molecular complexity index is 477. The molecule has 5 heteroatoms. The maximum Gasteiger partial charge on any atom is 0.251 e. The monoisotopic (exact) mass is 286 g/mol. The number of anilines is 1. The highest BCUT2D eigenvalue weighted by Crippen LogP contribution is 2.51. The number of benzene rings is 1. The zero-order valence-electron chi connectivity index (χ0n) is 10.4. The Labute approximate surface area is 117 Å². The minimum atomic E-state index is -0.164. The highest BCUT2D eigenvalue weighted by Gasteiger charge is 2.45. The predicted molar refractivity (Wildman–Crippen MR) is 75.1 cm³/mol. The van der Waals surface area contributed by atoms with Gasteiger partial charge in [0.05, 0.1) is 15.7 Å². The number of halogens is 2. The van der Waals surface area contributed by atoms with Gasteiger partial charge < -0.3 is 11.1 Å². The van der Waals surface area contributed by atoms with Gasteiger partial charge in [0, 0.05) is 12.1 Å². The molecule has 0 bridgehead atoms. The summed E-state index contributed by atoms with van der Waals surface area (Å²) in [4.78, 5) is 11.9. The normalized spacial score (nSPS) is 20.6. The summed E-state index contributed by atoms with van der Waals surface area (Å²) in [6, 6.07) is 3.08. The van der Waals surface area contributed by atoms with Gasteiger partial charge in [0.1, 0.15) is 0 Å². The van der Waals surface area contributed by atoms with Crippen molar-refractivity contribution in [3.8, 4) is 0 Å². The predicted octanol–water partition coefficient (Wildman–Crippen LogP) is 3.35. The molecule has 3 N–H and O–H groups in total. The van der Waals surface area contributed by atoms with Crippen molar-refractivity contribution < 1.29 is 4.79 Å². The van der Waals surface area contributed by atoms with Gasteiger partial charge in [-0.15, -0.1) is 0 Å². The molecule has 0 radical (unpaired) electrons. The first-order valence-electron chi connectivity index (χ1n) is 5.84. The molecule has 0 aliphatic heterocycles. The number of rotatable bonds is 3. The van der Waals surface area contributed by atoms with Crippen LogP contribution in [0.25, 0.3) is 0 Å². The quantitative estimate of drug-likeness (QED) is 0.838. The van der Waals surface area contributed by atoms with Crippen molar-refractivity contribution in [3.05, 3.63) is 27.7 Å². The molecule has 1 fully saturated rings. The molecule has 1 aromatic carbocycles. The van der Waals surface area contributed by atoms with Gasteiger partial charge in [-0.25, -0.2) is 0 Å². The molecule has 0 aromatic heterocycles. The number of nitrogens with one attached hydrogen (secondary N) is 1. The maximum absolute atomic E-state index is 11.9. The highest BCUT2D eigenvalue weighted by atomic mass is 35.5. The molecule has 0 heterocycles. The van der Waals surface area contributed by atoms with Gasteiger partial charge in [-0.2, -0.15) is 0 Å². The smallest absolute Gasteiger partial charge is 0.251 e. The third-order valence-electron chi connectivity index (χ3n) is 3.55. The van der Waals surface area contributed by atoms with Gasteiger partial charge in [-0.05, 0) is 29.9 Å². The number of hydrogen-bond donors (Lipinski definition) is 2. The first kappa shape index (κ1) is 13.5. The number of hydrogen-bond acceptors (Lipinski definition) is 2. The number of carbonyl (C=O) groups is 1. The standard InChI is InChI=1S/C13H16Cl2N2O/c1-13(2)5-8(13)6-17-12(18)7-3-9(14)11(15)10(16)4-7/h3-4,8H,5-6,16H2,1-2H3,(H,17,18). The molecular weight excluding hydrogens is 271 g/mol. The molecule has 1 amide bonds. The molecule has 0 spiro atoms. The molecule has 0 saturated heterocycles. The highest BCUT2D eigenvalue weighted by molar-refractivity contribution is 6.43. The average molecular weight is 287 g/mol. The van der Waals surface area contributed by atoms with Crippen LogP contribution in [-0.4, -0.2) is 12.5 Å². The molecule has 98 valence electrons. The molecule has 3 nitrogen and oxygen atoms in total. The van der Waals surface area contributed by atoms with Crippen molar-refractivity contribution in [1.82, 2.24) is 5.32 Å². The lowest BCUT2D eigenvalue weighted by Crippen LogP contribution is -2.26. The zero-order chi connectivity index (χ0) is 13.5. The van der Waals surface area contributed by atoms with Crippen molar-refractivity contribution in [1.29, 1.82) is 0 Å². The zero-order valence-corrected chi connectivity index (χ0v) is 11.9. The van der Waals surface area contributed by atoms with E-state index >= 15 is 0 Å². The van der Waals surface area contributed by atoms with Crippen LogP contribution in [0.3, 0.4) is 0 Å². The summed E-state index contributed by atoms with van der Waals surface area (Å²) in [5.74, 6) is 0.393. The number of carbonyl (C=O) groups excluding carboxylic acids is 1. The van der Waals surface area contributed by atoms with Gasteiger partial charge in [0.15, 0.2) is 0 Å². The Balaban J connectivity index is 2.01. The first-order valence-corrected chi connectivity index (χ1v) is 6.59. The minimum Gasteiger partial charge on any atom is -0.397 e. The maximum atomic E-state index is 11.9. The fourth-order valence-electron chi connectivity index (χ4n) is 1.98. The lowest BCUT2D eigenvalue weighted by molar-refractivity contribution is 0.0950. The van der Waals surface area contributed by atoms with Gasteiger partial charge in [0.2, 0.25) is 0 Å². The summed E-state index contributed by atoms with van der Waals surface area (Å²) in [7, 11) is 0. The van der Waals surface area contributed by atoms with Crippen LogP contribution in [0.15, 0.2) is 12.1 Å². The van der Waals surface area contributed by atoms with Crippen LogP contribution in [0.2, 0.25) is 10.0 Å². The fraction of sp³-hybridized carbons (Fsp3) is 0.462. The molecule has 1 aliphatic rings. The van der Waals surface area contributed by atoms with Crippen LogP contribution in [0, 0.1) is 11.3 Å². The summed E-state index contributed by atoms with van der Waals surface area (Å²) >= 11 is 11.7. The van der Waals surface area contributed by atoms with E-state index in [0.29, 0.717) is 34.2 Å². The van der Waals surface area contributed by atoms with Gasteiger partial charge in [0.25, 0.3) is 5.91 Å². The number of nitrogen functional groups attached to an aromatic ring is 1. The van der Waals surface area contributed by atoms with Crippen molar-refractivity contribution in [3.63, 3.8) is 0 Å². The average Bonchev–Trinajstić information content (AvgIpc) is 2.90. The molecule has 1 atom stereocenters. The molecular formula is C13H16Cl2N2O. The van der Waals surface area contributed by atoms with Gasteiger partial charge in [-0.3, -0.25) is 4.79 Å². The van der Waals surface area contributed by atoms with Gasteiger partial charge >= 0.3 is 0 Å². The Morgan fingerprint density at radius 3 is 2.61 bits per heavy atom. The summed E-state index contributed by atoms with van der Waals surface area (Å²) in [6.07, 6.45) is 1.15. The summed E-state index contributed by atoms with van der Waals surface area (Å²) in [5.41, 5.74) is 6.79. The van der Waals surface area contributed by atoms with E-state index < -0.39 is 0 Å². The van der Waals surface area contributed by atoms with Crippen LogP contribution >= 0.6 is 23.2 Å². The van der Waals surface area contributed by atoms with E-state index in [2.05, 4.69) is 19.2 Å².